The third-order valence-corrected chi connectivity index (χ3v) is 4.77. The number of piperidine rings is 1. The Morgan fingerprint density at radius 3 is 2.43 bits per heavy atom. The number of methoxy groups -OCH3 is 1. The lowest BCUT2D eigenvalue weighted by atomic mass is 9.78. The van der Waals surface area contributed by atoms with Gasteiger partial charge in [0.2, 0.25) is 5.91 Å². The van der Waals surface area contributed by atoms with Crippen molar-refractivity contribution < 1.29 is 19.4 Å². The van der Waals surface area contributed by atoms with Crippen LogP contribution in [0.2, 0.25) is 0 Å². The fourth-order valence-corrected chi connectivity index (χ4v) is 3.63. The second kappa shape index (κ2) is 7.22. The number of hydrogen-bond donors (Lipinski definition) is 2. The van der Waals surface area contributed by atoms with Gasteiger partial charge in [-0.15, -0.1) is 0 Å². The minimum Gasteiger partial charge on any atom is -0.480 e. The Kier molecular flexibility index (Phi) is 5.58. The molecular formula is C15H26N2O4. The van der Waals surface area contributed by atoms with Crippen LogP contribution in [0.25, 0.3) is 0 Å². The van der Waals surface area contributed by atoms with Gasteiger partial charge in [0.05, 0.1) is 12.0 Å². The van der Waals surface area contributed by atoms with Gasteiger partial charge in [-0.2, -0.15) is 0 Å². The molecule has 0 aromatic rings. The van der Waals surface area contributed by atoms with Crippen molar-refractivity contribution in [1.29, 1.82) is 0 Å². The first-order valence-electron chi connectivity index (χ1n) is 7.81. The maximum atomic E-state index is 13.1. The molecule has 0 aromatic heterocycles. The summed E-state index contributed by atoms with van der Waals surface area (Å²) in [4.78, 5) is 25.9. The highest BCUT2D eigenvalue weighted by Gasteiger charge is 2.44. The average molecular weight is 298 g/mol. The van der Waals surface area contributed by atoms with Gasteiger partial charge in [-0.05, 0) is 38.8 Å². The lowest BCUT2D eigenvalue weighted by molar-refractivity contribution is -0.156. The maximum Gasteiger partial charge on any atom is 0.323 e. The zero-order valence-electron chi connectivity index (χ0n) is 12.8. The Balaban J connectivity index is 2.18. The second-order valence-electron chi connectivity index (χ2n) is 6.23. The van der Waals surface area contributed by atoms with E-state index in [1.807, 2.05) is 0 Å². The van der Waals surface area contributed by atoms with E-state index in [0.717, 1.165) is 38.8 Å². The van der Waals surface area contributed by atoms with Crippen LogP contribution < -0.4 is 5.32 Å². The molecule has 2 N–H and O–H groups in total. The van der Waals surface area contributed by atoms with Crippen molar-refractivity contribution in [3.05, 3.63) is 0 Å². The smallest absolute Gasteiger partial charge is 0.323 e. The van der Waals surface area contributed by atoms with Crippen LogP contribution in [0, 0.1) is 5.41 Å². The van der Waals surface area contributed by atoms with Gasteiger partial charge >= 0.3 is 5.97 Å². The molecule has 0 unspecified atom stereocenters. The topological polar surface area (TPSA) is 78.9 Å². The maximum absolute atomic E-state index is 13.1. The third-order valence-electron chi connectivity index (χ3n) is 4.77. The van der Waals surface area contributed by atoms with E-state index in [2.05, 4.69) is 5.32 Å². The molecular weight excluding hydrogens is 272 g/mol. The van der Waals surface area contributed by atoms with Gasteiger partial charge in [0.25, 0.3) is 0 Å². The molecule has 1 aliphatic heterocycles. The van der Waals surface area contributed by atoms with Crippen molar-refractivity contribution in [3.8, 4) is 0 Å². The Morgan fingerprint density at radius 1 is 1.29 bits per heavy atom. The molecule has 6 nitrogen and oxygen atoms in total. The summed E-state index contributed by atoms with van der Waals surface area (Å²) >= 11 is 0. The number of carboxylic acids is 1. The number of nitrogens with one attached hydrogen (secondary N) is 1. The van der Waals surface area contributed by atoms with Crippen molar-refractivity contribution in [3.63, 3.8) is 0 Å². The molecule has 1 aliphatic carbocycles. The molecule has 120 valence electrons. The van der Waals surface area contributed by atoms with E-state index in [1.165, 1.54) is 0 Å². The fourth-order valence-electron chi connectivity index (χ4n) is 3.63. The summed E-state index contributed by atoms with van der Waals surface area (Å²) in [6.07, 6.45) is 5.41. The second-order valence-corrected chi connectivity index (χ2v) is 6.23. The minimum atomic E-state index is -0.934. The molecule has 1 amide bonds. The van der Waals surface area contributed by atoms with Crippen LogP contribution in [-0.4, -0.2) is 61.3 Å². The molecule has 6 heteroatoms. The molecule has 0 atom stereocenters. The molecule has 21 heavy (non-hydrogen) atoms. The number of aliphatic carboxylic acids is 1. The summed E-state index contributed by atoms with van der Waals surface area (Å²) in [6.45, 7) is 1.74. The summed E-state index contributed by atoms with van der Waals surface area (Å²) in [5.41, 5.74) is -0.557. The predicted octanol–water partition coefficient (Wildman–Crippen LogP) is 0.858. The zero-order chi connectivity index (χ0) is 15.3. The lowest BCUT2D eigenvalue weighted by Crippen LogP contribution is -2.55. The minimum absolute atomic E-state index is 0.0276. The molecule has 1 heterocycles. The van der Waals surface area contributed by atoms with Crippen LogP contribution in [0.1, 0.15) is 38.5 Å². The number of amides is 1. The largest absolute Gasteiger partial charge is 0.480 e. The number of carbonyl (C=O) groups is 2. The SMILES string of the molecule is COCC1(C(=O)N(CC(=O)O)C2CCCC2)CCNCC1. The molecule has 1 saturated carbocycles. The first-order valence-corrected chi connectivity index (χ1v) is 7.81. The Hall–Kier alpha value is -1.14. The van der Waals surface area contributed by atoms with E-state index in [1.54, 1.807) is 12.0 Å². The number of carbonyl (C=O) groups excluding carboxylic acids is 1. The van der Waals surface area contributed by atoms with Gasteiger partial charge in [-0.3, -0.25) is 9.59 Å². The molecule has 0 radical (unpaired) electrons. The van der Waals surface area contributed by atoms with Gasteiger partial charge in [0.1, 0.15) is 6.54 Å². The summed E-state index contributed by atoms with van der Waals surface area (Å²) in [5, 5.41) is 12.4. The molecule has 0 bridgehead atoms. The first kappa shape index (κ1) is 16.2. The predicted molar refractivity (Wildman–Crippen MR) is 78.0 cm³/mol. The Labute approximate surface area is 125 Å². The van der Waals surface area contributed by atoms with E-state index in [-0.39, 0.29) is 18.5 Å². The van der Waals surface area contributed by atoms with Gasteiger partial charge < -0.3 is 20.1 Å². The molecule has 2 aliphatic rings. The highest BCUT2D eigenvalue weighted by molar-refractivity contribution is 5.86. The molecule has 2 rings (SSSR count). The van der Waals surface area contributed by atoms with Gasteiger partial charge in [-0.25, -0.2) is 0 Å². The third kappa shape index (κ3) is 3.74. The number of carboxylic acid groups (broad SMARTS) is 1. The standard InChI is InChI=1S/C15H26N2O4/c1-21-11-15(6-8-16-9-7-15)14(20)17(10-13(18)19)12-4-2-3-5-12/h12,16H,2-11H2,1H3,(H,18,19). The van der Waals surface area contributed by atoms with Crippen molar-refractivity contribution >= 4 is 11.9 Å². The quantitative estimate of drug-likeness (QED) is 0.760. The summed E-state index contributed by atoms with van der Waals surface area (Å²) < 4.78 is 5.30. The Bertz CT molecular complexity index is 368. The van der Waals surface area contributed by atoms with Crippen LogP contribution in [-0.2, 0) is 14.3 Å². The van der Waals surface area contributed by atoms with Crippen molar-refractivity contribution in [2.75, 3.05) is 33.4 Å². The van der Waals surface area contributed by atoms with E-state index < -0.39 is 11.4 Å². The van der Waals surface area contributed by atoms with Crippen molar-refractivity contribution in [2.45, 2.75) is 44.6 Å². The molecule has 2 fully saturated rings. The van der Waals surface area contributed by atoms with E-state index in [4.69, 9.17) is 9.84 Å². The van der Waals surface area contributed by atoms with E-state index >= 15 is 0 Å². The highest BCUT2D eigenvalue weighted by Crippen LogP contribution is 2.34. The molecule has 1 saturated heterocycles. The summed E-state index contributed by atoms with van der Waals surface area (Å²) in [6, 6.07) is 0.0808. The lowest BCUT2D eigenvalue weighted by Gasteiger charge is -2.41. The number of hydrogen-bond acceptors (Lipinski definition) is 4. The number of nitrogens with zero attached hydrogens (tertiary/aromatic N) is 1. The fraction of sp³-hybridized carbons (Fsp3) is 0.867. The first-order chi connectivity index (χ1) is 10.1. The van der Waals surface area contributed by atoms with Crippen LogP contribution in [0.15, 0.2) is 0 Å². The van der Waals surface area contributed by atoms with Gasteiger partial charge in [0.15, 0.2) is 0 Å². The van der Waals surface area contributed by atoms with E-state index in [0.29, 0.717) is 19.4 Å². The summed E-state index contributed by atoms with van der Waals surface area (Å²) in [7, 11) is 1.61. The van der Waals surface area contributed by atoms with Crippen LogP contribution in [0.3, 0.4) is 0 Å². The number of rotatable bonds is 6. The molecule has 0 spiro atoms. The normalized spacial score (nSPS) is 22.1. The monoisotopic (exact) mass is 298 g/mol. The van der Waals surface area contributed by atoms with Gasteiger partial charge in [0, 0.05) is 13.2 Å². The summed E-state index contributed by atoms with van der Waals surface area (Å²) in [5.74, 6) is -0.961. The Morgan fingerprint density at radius 2 is 1.90 bits per heavy atom. The van der Waals surface area contributed by atoms with Crippen LogP contribution in [0.4, 0.5) is 0 Å². The average Bonchev–Trinajstić information content (AvgIpc) is 2.99. The highest BCUT2D eigenvalue weighted by atomic mass is 16.5. The van der Waals surface area contributed by atoms with E-state index in [9.17, 15) is 9.59 Å². The number of ether oxygens (including phenoxy) is 1. The molecule has 0 aromatic carbocycles. The zero-order valence-corrected chi connectivity index (χ0v) is 12.8. The van der Waals surface area contributed by atoms with Crippen molar-refractivity contribution in [1.82, 2.24) is 10.2 Å². The van der Waals surface area contributed by atoms with Crippen LogP contribution in [0.5, 0.6) is 0 Å². The van der Waals surface area contributed by atoms with Gasteiger partial charge in [-0.1, -0.05) is 12.8 Å². The van der Waals surface area contributed by atoms with Crippen molar-refractivity contribution in [2.24, 2.45) is 5.41 Å². The van der Waals surface area contributed by atoms with Crippen LogP contribution >= 0.6 is 0 Å².